The lowest BCUT2D eigenvalue weighted by atomic mass is 10.0. The molecule has 3 heterocycles. The Morgan fingerprint density at radius 1 is 1.19 bits per heavy atom. The average Bonchev–Trinajstić information content (AvgIpc) is 3.40. The molecule has 0 spiro atoms. The van der Waals surface area contributed by atoms with Crippen LogP contribution in [0.5, 0.6) is 0 Å². The van der Waals surface area contributed by atoms with Gasteiger partial charge in [-0.3, -0.25) is 19.1 Å². The Morgan fingerprint density at radius 2 is 1.88 bits per heavy atom. The van der Waals surface area contributed by atoms with Gasteiger partial charge in [0.2, 0.25) is 0 Å². The largest absolute Gasteiger partial charge is 0.357 e. The molecule has 32 heavy (non-hydrogen) atoms. The van der Waals surface area contributed by atoms with Gasteiger partial charge >= 0.3 is 0 Å². The Labute approximate surface area is 197 Å². The van der Waals surface area contributed by atoms with Gasteiger partial charge in [0, 0.05) is 32.2 Å². The molecule has 0 N–H and O–H groups in total. The molecule has 2 aromatic rings. The van der Waals surface area contributed by atoms with Crippen molar-refractivity contribution in [1.29, 1.82) is 5.26 Å². The smallest absolute Gasteiger partial charge is 0.270 e. The molecule has 8 heteroatoms. The van der Waals surface area contributed by atoms with Crippen LogP contribution >= 0.6 is 24.0 Å². The van der Waals surface area contributed by atoms with Gasteiger partial charge in [-0.15, -0.1) is 0 Å². The van der Waals surface area contributed by atoms with E-state index in [0.717, 1.165) is 49.3 Å². The van der Waals surface area contributed by atoms with Gasteiger partial charge < -0.3 is 4.90 Å². The van der Waals surface area contributed by atoms with E-state index in [1.165, 1.54) is 11.8 Å². The van der Waals surface area contributed by atoms with Crippen molar-refractivity contribution in [2.24, 2.45) is 7.05 Å². The fourth-order valence-electron chi connectivity index (χ4n) is 4.23. The van der Waals surface area contributed by atoms with Crippen LogP contribution in [0.15, 0.2) is 40.0 Å². The van der Waals surface area contributed by atoms with E-state index in [1.54, 1.807) is 23.4 Å². The summed E-state index contributed by atoms with van der Waals surface area (Å²) < 4.78 is 2.07. The number of thiocarbonyl (C=S) groups is 1. The second kappa shape index (κ2) is 9.31. The molecule has 2 saturated heterocycles. The van der Waals surface area contributed by atoms with E-state index in [2.05, 4.69) is 4.90 Å². The van der Waals surface area contributed by atoms with Crippen LogP contribution in [-0.4, -0.2) is 39.3 Å². The minimum Gasteiger partial charge on any atom is -0.357 e. The van der Waals surface area contributed by atoms with E-state index < -0.39 is 0 Å². The van der Waals surface area contributed by atoms with Crippen LogP contribution < -0.4 is 10.5 Å². The summed E-state index contributed by atoms with van der Waals surface area (Å²) in [6, 6.07) is 12.0. The van der Waals surface area contributed by atoms with Gasteiger partial charge in [0.25, 0.3) is 11.5 Å². The molecule has 1 aromatic heterocycles. The Balaban J connectivity index is 1.71. The molecule has 0 aliphatic carbocycles. The van der Waals surface area contributed by atoms with Crippen LogP contribution in [0.4, 0.5) is 5.82 Å². The molecule has 164 valence electrons. The summed E-state index contributed by atoms with van der Waals surface area (Å²) in [5, 5.41) is 9.58. The maximum Gasteiger partial charge on any atom is 0.270 e. The molecule has 4 rings (SSSR count). The fourth-order valence-corrected chi connectivity index (χ4v) is 5.52. The predicted molar refractivity (Wildman–Crippen MR) is 133 cm³/mol. The first-order valence-electron chi connectivity index (χ1n) is 10.6. The van der Waals surface area contributed by atoms with E-state index in [0.29, 0.717) is 21.3 Å². The number of hydrogen-bond donors (Lipinski definition) is 0. The summed E-state index contributed by atoms with van der Waals surface area (Å²) in [5.74, 6) is 0.633. The number of pyridine rings is 1. The maximum absolute atomic E-state index is 13.2. The molecule has 0 atom stereocenters. The molecule has 2 aliphatic heterocycles. The molecule has 1 aromatic carbocycles. The quantitative estimate of drug-likeness (QED) is 0.497. The van der Waals surface area contributed by atoms with Gasteiger partial charge in [0.05, 0.1) is 4.91 Å². The summed E-state index contributed by atoms with van der Waals surface area (Å²) in [6.07, 6.45) is 4.63. The Morgan fingerprint density at radius 3 is 2.53 bits per heavy atom. The minimum absolute atomic E-state index is 0.112. The van der Waals surface area contributed by atoms with Crippen LogP contribution in [-0.2, 0) is 18.3 Å². The molecule has 1 amide bonds. The molecule has 2 aliphatic rings. The SMILES string of the molecule is Cc1c(/C=C2\SC(=S)N(CCc3ccccc3)C2=O)c(N2CCCC2)n(C)c(=O)c1C#N. The monoisotopic (exact) mass is 464 g/mol. The highest BCUT2D eigenvalue weighted by atomic mass is 32.2. The maximum atomic E-state index is 13.2. The molecule has 0 saturated carbocycles. The highest BCUT2D eigenvalue weighted by Crippen LogP contribution is 2.36. The number of hydrogen-bond acceptors (Lipinski definition) is 6. The lowest BCUT2D eigenvalue weighted by molar-refractivity contribution is -0.122. The van der Waals surface area contributed by atoms with Gasteiger partial charge in [-0.2, -0.15) is 5.26 Å². The van der Waals surface area contributed by atoms with Crippen LogP contribution in [0.2, 0.25) is 0 Å². The number of carbonyl (C=O) groups excluding carboxylic acids is 1. The van der Waals surface area contributed by atoms with Gasteiger partial charge in [-0.25, -0.2) is 0 Å². The van der Waals surface area contributed by atoms with Crippen LogP contribution in [0.3, 0.4) is 0 Å². The zero-order valence-electron chi connectivity index (χ0n) is 18.1. The van der Waals surface area contributed by atoms with Crippen LogP contribution in [0, 0.1) is 18.3 Å². The molecule has 0 unspecified atom stereocenters. The predicted octanol–water partition coefficient (Wildman–Crippen LogP) is 3.61. The van der Waals surface area contributed by atoms with Crippen molar-refractivity contribution in [3.8, 4) is 6.07 Å². The fraction of sp³-hybridized carbons (Fsp3) is 0.333. The number of carbonyl (C=O) groups is 1. The number of thioether (sulfide) groups is 1. The first kappa shape index (κ1) is 22.3. The second-order valence-electron chi connectivity index (χ2n) is 7.98. The molecular weight excluding hydrogens is 440 g/mol. The van der Waals surface area contributed by atoms with Gasteiger partial charge in [0.15, 0.2) is 0 Å². The van der Waals surface area contributed by atoms with Crippen molar-refractivity contribution in [3.05, 3.63) is 67.8 Å². The van der Waals surface area contributed by atoms with Gasteiger partial charge in [-0.05, 0) is 43.4 Å². The Bertz CT molecular complexity index is 1210. The third-order valence-corrected chi connectivity index (χ3v) is 7.37. The van der Waals surface area contributed by atoms with E-state index in [4.69, 9.17) is 12.2 Å². The lowest BCUT2D eigenvalue weighted by Gasteiger charge is -2.25. The van der Waals surface area contributed by atoms with Crippen molar-refractivity contribution >= 4 is 46.1 Å². The topological polar surface area (TPSA) is 69.3 Å². The van der Waals surface area contributed by atoms with Crippen molar-refractivity contribution in [2.75, 3.05) is 24.5 Å². The zero-order chi connectivity index (χ0) is 22.8. The van der Waals surface area contributed by atoms with Crippen LogP contribution in [0.25, 0.3) is 6.08 Å². The third kappa shape index (κ3) is 4.10. The lowest BCUT2D eigenvalue weighted by Crippen LogP contribution is -2.31. The minimum atomic E-state index is -0.306. The number of nitriles is 1. The Hall–Kier alpha value is -2.89. The van der Waals surface area contributed by atoms with E-state index in [1.807, 2.05) is 42.5 Å². The van der Waals surface area contributed by atoms with E-state index in [9.17, 15) is 14.9 Å². The number of nitrogens with zero attached hydrogens (tertiary/aromatic N) is 4. The van der Waals surface area contributed by atoms with Gasteiger partial charge in [-0.1, -0.05) is 54.3 Å². The van der Waals surface area contributed by atoms with Gasteiger partial charge in [0.1, 0.15) is 21.8 Å². The molecular formula is C24H24N4O2S2. The van der Waals surface area contributed by atoms with Crippen LogP contribution in [0.1, 0.15) is 35.1 Å². The number of amides is 1. The third-order valence-electron chi connectivity index (χ3n) is 5.99. The summed E-state index contributed by atoms with van der Waals surface area (Å²) >= 11 is 6.78. The highest BCUT2D eigenvalue weighted by Gasteiger charge is 2.33. The first-order chi connectivity index (χ1) is 15.4. The zero-order valence-corrected chi connectivity index (χ0v) is 19.8. The second-order valence-corrected chi connectivity index (χ2v) is 9.65. The number of rotatable bonds is 5. The summed E-state index contributed by atoms with van der Waals surface area (Å²) in [7, 11) is 1.69. The molecule has 2 fully saturated rings. The van der Waals surface area contributed by atoms with Crippen molar-refractivity contribution in [2.45, 2.75) is 26.2 Å². The number of anilines is 1. The van der Waals surface area contributed by atoms with E-state index >= 15 is 0 Å². The average molecular weight is 465 g/mol. The molecule has 0 bridgehead atoms. The normalized spacial score (nSPS) is 17.5. The Kier molecular flexibility index (Phi) is 6.49. The molecule has 0 radical (unpaired) electrons. The summed E-state index contributed by atoms with van der Waals surface area (Å²) in [4.78, 5) is 30.3. The van der Waals surface area contributed by atoms with Crippen molar-refractivity contribution < 1.29 is 4.79 Å². The standard InChI is InChI=1S/C24H24N4O2S2/c1-16-18(21(27-11-6-7-12-27)26(2)22(29)19(16)15-25)14-20-23(30)28(24(31)32-20)13-10-17-8-4-3-5-9-17/h3-5,8-9,14H,6-7,10-13H2,1-2H3/b20-14-. The number of aromatic nitrogens is 1. The molecule has 6 nitrogen and oxygen atoms in total. The number of benzene rings is 1. The summed E-state index contributed by atoms with van der Waals surface area (Å²) in [6.45, 7) is 3.98. The van der Waals surface area contributed by atoms with E-state index in [-0.39, 0.29) is 17.0 Å². The van der Waals surface area contributed by atoms with Crippen molar-refractivity contribution in [3.63, 3.8) is 0 Å². The highest BCUT2D eigenvalue weighted by molar-refractivity contribution is 8.26. The first-order valence-corrected chi connectivity index (χ1v) is 11.8. The summed E-state index contributed by atoms with van der Waals surface area (Å²) in [5.41, 5.74) is 2.30. The van der Waals surface area contributed by atoms with Crippen molar-refractivity contribution in [1.82, 2.24) is 9.47 Å².